The Hall–Kier alpha value is -2.13. The van der Waals surface area contributed by atoms with Gasteiger partial charge >= 0.3 is 0 Å². The third-order valence-corrected chi connectivity index (χ3v) is 5.38. The second kappa shape index (κ2) is 13.3. The highest BCUT2D eigenvalue weighted by atomic mass is 127. The smallest absolute Gasteiger partial charge is 0.251 e. The van der Waals surface area contributed by atoms with E-state index in [9.17, 15) is 4.79 Å². The second-order valence-corrected chi connectivity index (χ2v) is 7.60. The molecule has 1 unspecified atom stereocenters. The molecule has 0 saturated carbocycles. The maximum absolute atomic E-state index is 11.8. The number of carbonyl (C=O) groups is 1. The van der Waals surface area contributed by atoms with Gasteiger partial charge in [-0.25, -0.2) is 0 Å². The second-order valence-electron chi connectivity index (χ2n) is 7.60. The first-order chi connectivity index (χ1) is 14.7. The normalized spacial score (nSPS) is 16.0. The number of likely N-dealkylation sites (tertiary alicyclic amines) is 1. The quantitative estimate of drug-likeness (QED) is 0.309. The first-order valence-electron chi connectivity index (χ1n) is 10.6. The fraction of sp³-hybridized carbons (Fsp3) is 0.417. The van der Waals surface area contributed by atoms with Crippen LogP contribution >= 0.6 is 24.0 Å². The summed E-state index contributed by atoms with van der Waals surface area (Å²) in [6.45, 7) is 4.16. The van der Waals surface area contributed by atoms with E-state index in [0.29, 0.717) is 18.1 Å². The van der Waals surface area contributed by atoms with Gasteiger partial charge in [-0.1, -0.05) is 42.5 Å². The first kappa shape index (κ1) is 25.1. The van der Waals surface area contributed by atoms with Gasteiger partial charge in [0, 0.05) is 45.2 Å². The molecule has 0 bridgehead atoms. The Bertz CT molecular complexity index is 844. The summed E-state index contributed by atoms with van der Waals surface area (Å²) in [5.74, 6) is 1.40. The van der Waals surface area contributed by atoms with Crippen LogP contribution in [0.5, 0.6) is 0 Å². The number of carbonyl (C=O) groups excluding carboxylic acids is 1. The molecule has 1 aliphatic rings. The molecular weight excluding hydrogens is 503 g/mol. The van der Waals surface area contributed by atoms with E-state index in [1.165, 1.54) is 5.56 Å². The largest absolute Gasteiger partial charge is 0.376 e. The molecular formula is C24H33IN4O2. The van der Waals surface area contributed by atoms with Crippen LogP contribution in [0.25, 0.3) is 0 Å². The van der Waals surface area contributed by atoms with Gasteiger partial charge in [0.2, 0.25) is 0 Å². The number of ether oxygens (including phenoxy) is 1. The van der Waals surface area contributed by atoms with Crippen LogP contribution in [0.15, 0.2) is 59.6 Å². The molecule has 0 radical (unpaired) electrons. The van der Waals surface area contributed by atoms with E-state index < -0.39 is 0 Å². The van der Waals surface area contributed by atoms with E-state index in [1.807, 2.05) is 49.5 Å². The van der Waals surface area contributed by atoms with Gasteiger partial charge < -0.3 is 20.3 Å². The maximum atomic E-state index is 11.8. The third-order valence-electron chi connectivity index (χ3n) is 5.38. The fourth-order valence-corrected chi connectivity index (χ4v) is 3.74. The molecule has 1 amide bonds. The van der Waals surface area contributed by atoms with Crippen molar-refractivity contribution in [2.45, 2.75) is 19.4 Å². The standard InChI is InChI=1S/C24H32N4O2.HI/c1-25-23(29)22-10-6-9-19(15-22)11-13-27-24(26-2)28-14-12-21(16-28)18-30-17-20-7-4-3-5-8-20;/h3-10,15,21H,11-14,16-18H2,1-2H3,(H,25,29)(H,26,27);1H. The van der Waals surface area contributed by atoms with Crippen molar-refractivity contribution in [1.29, 1.82) is 0 Å². The lowest BCUT2D eigenvalue weighted by Gasteiger charge is -2.22. The van der Waals surface area contributed by atoms with Gasteiger partial charge in [-0.2, -0.15) is 0 Å². The number of aliphatic imine (C=N–C) groups is 1. The topological polar surface area (TPSA) is 66.0 Å². The van der Waals surface area contributed by atoms with Crippen molar-refractivity contribution in [2.24, 2.45) is 10.9 Å². The monoisotopic (exact) mass is 536 g/mol. The van der Waals surface area contributed by atoms with E-state index in [1.54, 1.807) is 7.05 Å². The lowest BCUT2D eigenvalue weighted by atomic mass is 10.1. The Labute approximate surface area is 202 Å². The number of nitrogens with zero attached hydrogens (tertiary/aromatic N) is 2. The minimum absolute atomic E-state index is 0. The first-order valence-corrected chi connectivity index (χ1v) is 10.6. The zero-order valence-electron chi connectivity index (χ0n) is 18.3. The van der Waals surface area contributed by atoms with Crippen LogP contribution in [-0.2, 0) is 17.8 Å². The molecule has 3 rings (SSSR count). The lowest BCUT2D eigenvalue weighted by molar-refractivity contribution is 0.0906. The number of benzene rings is 2. The van der Waals surface area contributed by atoms with Crippen molar-refractivity contribution in [3.63, 3.8) is 0 Å². The van der Waals surface area contributed by atoms with Crippen molar-refractivity contribution in [3.8, 4) is 0 Å². The summed E-state index contributed by atoms with van der Waals surface area (Å²) >= 11 is 0. The molecule has 0 aliphatic carbocycles. The molecule has 31 heavy (non-hydrogen) atoms. The van der Waals surface area contributed by atoms with Crippen LogP contribution in [0.4, 0.5) is 0 Å². The van der Waals surface area contributed by atoms with Crippen molar-refractivity contribution in [2.75, 3.05) is 40.3 Å². The highest BCUT2D eigenvalue weighted by Gasteiger charge is 2.24. The summed E-state index contributed by atoms with van der Waals surface area (Å²) in [6, 6.07) is 18.0. The summed E-state index contributed by atoms with van der Waals surface area (Å²) in [5, 5.41) is 6.13. The molecule has 1 fully saturated rings. The van der Waals surface area contributed by atoms with Gasteiger partial charge in [-0.15, -0.1) is 24.0 Å². The van der Waals surface area contributed by atoms with Crippen LogP contribution in [0.1, 0.15) is 27.9 Å². The van der Waals surface area contributed by atoms with E-state index >= 15 is 0 Å². The molecule has 2 N–H and O–H groups in total. The van der Waals surface area contributed by atoms with Crippen LogP contribution in [0, 0.1) is 5.92 Å². The number of hydrogen-bond donors (Lipinski definition) is 2. The van der Waals surface area contributed by atoms with Crippen LogP contribution in [0.2, 0.25) is 0 Å². The zero-order valence-corrected chi connectivity index (χ0v) is 20.7. The van der Waals surface area contributed by atoms with Gasteiger partial charge in [0.05, 0.1) is 13.2 Å². The fourth-order valence-electron chi connectivity index (χ4n) is 3.74. The Morgan fingerprint density at radius 2 is 1.94 bits per heavy atom. The average molecular weight is 536 g/mol. The molecule has 2 aromatic carbocycles. The molecule has 1 aliphatic heterocycles. The van der Waals surface area contributed by atoms with E-state index in [2.05, 4.69) is 32.7 Å². The van der Waals surface area contributed by atoms with Crippen molar-refractivity contribution < 1.29 is 9.53 Å². The lowest BCUT2D eigenvalue weighted by Crippen LogP contribution is -2.41. The minimum atomic E-state index is -0.0572. The van der Waals surface area contributed by atoms with Gasteiger partial charge in [0.1, 0.15) is 0 Å². The predicted octanol–water partition coefficient (Wildman–Crippen LogP) is 3.32. The van der Waals surface area contributed by atoms with E-state index in [-0.39, 0.29) is 29.9 Å². The van der Waals surface area contributed by atoms with Crippen LogP contribution < -0.4 is 10.6 Å². The molecule has 6 nitrogen and oxygen atoms in total. The maximum Gasteiger partial charge on any atom is 0.251 e. The van der Waals surface area contributed by atoms with Crippen molar-refractivity contribution in [3.05, 3.63) is 71.3 Å². The Balaban J connectivity index is 0.00000341. The SMILES string of the molecule is CN=C(NCCc1cccc(C(=O)NC)c1)N1CCC(COCc2ccccc2)C1.I. The Morgan fingerprint density at radius 1 is 1.16 bits per heavy atom. The highest BCUT2D eigenvalue weighted by Crippen LogP contribution is 2.17. The van der Waals surface area contributed by atoms with E-state index in [4.69, 9.17) is 4.74 Å². The summed E-state index contributed by atoms with van der Waals surface area (Å²) in [7, 11) is 3.48. The minimum Gasteiger partial charge on any atom is -0.376 e. The number of guanidine groups is 1. The average Bonchev–Trinajstić information content (AvgIpc) is 3.25. The van der Waals surface area contributed by atoms with Gasteiger partial charge in [0.15, 0.2) is 5.96 Å². The third kappa shape index (κ3) is 7.81. The molecule has 168 valence electrons. The molecule has 2 aromatic rings. The zero-order chi connectivity index (χ0) is 21.2. The molecule has 0 aromatic heterocycles. The Morgan fingerprint density at radius 3 is 2.68 bits per heavy atom. The van der Waals surface area contributed by atoms with Gasteiger partial charge in [-0.3, -0.25) is 9.79 Å². The van der Waals surface area contributed by atoms with E-state index in [0.717, 1.165) is 50.6 Å². The predicted molar refractivity (Wildman–Crippen MR) is 136 cm³/mol. The molecule has 1 heterocycles. The van der Waals surface area contributed by atoms with Crippen molar-refractivity contribution in [1.82, 2.24) is 15.5 Å². The number of rotatable bonds is 8. The summed E-state index contributed by atoms with van der Waals surface area (Å²) < 4.78 is 5.92. The highest BCUT2D eigenvalue weighted by molar-refractivity contribution is 14.0. The number of hydrogen-bond acceptors (Lipinski definition) is 3. The number of halogens is 1. The Kier molecular flexibility index (Phi) is 10.8. The summed E-state index contributed by atoms with van der Waals surface area (Å²) in [6.07, 6.45) is 1.95. The molecule has 0 spiro atoms. The van der Waals surface area contributed by atoms with Crippen LogP contribution in [0.3, 0.4) is 0 Å². The van der Waals surface area contributed by atoms with Crippen molar-refractivity contribution >= 4 is 35.8 Å². The molecule has 7 heteroatoms. The van der Waals surface area contributed by atoms with Gasteiger partial charge in [0.25, 0.3) is 5.91 Å². The van der Waals surface area contributed by atoms with Gasteiger partial charge in [-0.05, 0) is 36.1 Å². The van der Waals surface area contributed by atoms with Crippen LogP contribution in [-0.4, -0.2) is 57.1 Å². The number of nitrogens with one attached hydrogen (secondary N) is 2. The molecule has 1 saturated heterocycles. The number of amides is 1. The summed E-state index contributed by atoms with van der Waals surface area (Å²) in [4.78, 5) is 18.5. The summed E-state index contributed by atoms with van der Waals surface area (Å²) in [5.41, 5.74) is 3.04. The molecule has 1 atom stereocenters.